The van der Waals surface area contributed by atoms with Crippen molar-refractivity contribution in [2.75, 3.05) is 7.05 Å². The van der Waals surface area contributed by atoms with Gasteiger partial charge < -0.3 is 5.73 Å². The predicted molar refractivity (Wildman–Crippen MR) is 65.0 cm³/mol. The Morgan fingerprint density at radius 2 is 1.94 bits per heavy atom. The van der Waals surface area contributed by atoms with E-state index in [1.54, 1.807) is 13.8 Å². The molecule has 1 amide bonds. The lowest BCUT2D eigenvalue weighted by Gasteiger charge is -2.21. The summed E-state index contributed by atoms with van der Waals surface area (Å²) in [5, 5.41) is 0. The fourth-order valence-electron chi connectivity index (χ4n) is 1.25. The van der Waals surface area contributed by atoms with E-state index in [1.165, 1.54) is 35.6 Å². The number of carbonyl (C=O) groups is 1. The first-order chi connectivity index (χ1) is 7.76. The number of rotatable bonds is 4. The molecule has 6 heteroatoms. The molecule has 0 unspecified atom stereocenters. The summed E-state index contributed by atoms with van der Waals surface area (Å²) in [6.07, 6.45) is 0. The summed E-state index contributed by atoms with van der Waals surface area (Å²) in [4.78, 5) is 11.1. The quantitative estimate of drug-likeness (QED) is 0.865. The van der Waals surface area contributed by atoms with Crippen LogP contribution in [0, 0.1) is 0 Å². The maximum Gasteiger partial charge on any atom is 0.248 e. The molecule has 0 bridgehead atoms. The summed E-state index contributed by atoms with van der Waals surface area (Å²) >= 11 is 0. The van der Waals surface area contributed by atoms with Crippen LogP contribution in [0.1, 0.15) is 24.2 Å². The number of benzene rings is 1. The first-order valence-corrected chi connectivity index (χ1v) is 6.58. The Morgan fingerprint density at radius 3 is 2.41 bits per heavy atom. The van der Waals surface area contributed by atoms with Crippen molar-refractivity contribution in [1.29, 1.82) is 0 Å². The van der Waals surface area contributed by atoms with E-state index >= 15 is 0 Å². The van der Waals surface area contributed by atoms with E-state index in [0.29, 0.717) is 0 Å². The Balaban J connectivity index is 3.25. The monoisotopic (exact) mass is 256 g/mol. The first kappa shape index (κ1) is 13.7. The van der Waals surface area contributed by atoms with Crippen LogP contribution in [0.25, 0.3) is 0 Å². The fourth-order valence-corrected chi connectivity index (χ4v) is 2.67. The molecule has 1 aromatic carbocycles. The number of hydrogen-bond donors (Lipinski definition) is 1. The van der Waals surface area contributed by atoms with Gasteiger partial charge in [0.1, 0.15) is 0 Å². The molecule has 0 aliphatic carbocycles. The van der Waals surface area contributed by atoms with E-state index in [9.17, 15) is 13.2 Å². The molecule has 0 radical (unpaired) electrons. The Morgan fingerprint density at radius 1 is 1.35 bits per heavy atom. The number of nitrogens with zero attached hydrogens (tertiary/aromatic N) is 1. The van der Waals surface area contributed by atoms with Gasteiger partial charge in [0.15, 0.2) is 0 Å². The minimum Gasteiger partial charge on any atom is -0.366 e. The highest BCUT2D eigenvalue weighted by Gasteiger charge is 2.23. The molecule has 5 nitrogen and oxygen atoms in total. The van der Waals surface area contributed by atoms with Gasteiger partial charge in [0.2, 0.25) is 15.9 Å². The van der Waals surface area contributed by atoms with Gasteiger partial charge in [-0.25, -0.2) is 8.42 Å². The van der Waals surface area contributed by atoms with Gasteiger partial charge in [0.05, 0.1) is 4.90 Å². The number of carbonyl (C=O) groups excluding carboxylic acids is 1. The molecule has 0 aliphatic rings. The van der Waals surface area contributed by atoms with E-state index in [-0.39, 0.29) is 16.5 Å². The second-order valence-electron chi connectivity index (χ2n) is 4.01. The van der Waals surface area contributed by atoms with Crippen LogP contribution in [0.15, 0.2) is 29.2 Å². The van der Waals surface area contributed by atoms with E-state index in [1.807, 2.05) is 0 Å². The van der Waals surface area contributed by atoms with Crippen molar-refractivity contribution < 1.29 is 13.2 Å². The molecule has 0 fully saturated rings. The van der Waals surface area contributed by atoms with Crippen LogP contribution in [0.3, 0.4) is 0 Å². The molecule has 1 aromatic rings. The lowest BCUT2D eigenvalue weighted by molar-refractivity contribution is 0.1000. The van der Waals surface area contributed by atoms with Crippen molar-refractivity contribution in [3.63, 3.8) is 0 Å². The lowest BCUT2D eigenvalue weighted by atomic mass is 10.2. The molecular formula is C11H16N2O3S. The fraction of sp³-hybridized carbons (Fsp3) is 0.364. The third-order valence-corrected chi connectivity index (χ3v) is 4.55. The van der Waals surface area contributed by atoms with Crippen LogP contribution in [0.2, 0.25) is 0 Å². The Labute approximate surface area is 101 Å². The Bertz CT molecular complexity index is 523. The molecule has 0 aromatic heterocycles. The minimum absolute atomic E-state index is 0.0741. The van der Waals surface area contributed by atoms with E-state index < -0.39 is 15.9 Å². The topological polar surface area (TPSA) is 80.5 Å². The summed E-state index contributed by atoms with van der Waals surface area (Å²) < 4.78 is 25.5. The maximum atomic E-state index is 12.1. The average Bonchev–Trinajstić information content (AvgIpc) is 2.28. The molecule has 0 saturated heterocycles. The van der Waals surface area contributed by atoms with Gasteiger partial charge >= 0.3 is 0 Å². The highest BCUT2D eigenvalue weighted by molar-refractivity contribution is 7.89. The highest BCUT2D eigenvalue weighted by atomic mass is 32.2. The molecule has 0 heterocycles. The zero-order chi connectivity index (χ0) is 13.2. The first-order valence-electron chi connectivity index (χ1n) is 5.14. The Hall–Kier alpha value is -1.40. The van der Waals surface area contributed by atoms with Crippen molar-refractivity contribution in [2.45, 2.75) is 24.8 Å². The van der Waals surface area contributed by atoms with E-state index in [2.05, 4.69) is 0 Å². The second kappa shape index (κ2) is 4.85. The molecule has 17 heavy (non-hydrogen) atoms. The van der Waals surface area contributed by atoms with E-state index in [0.717, 1.165) is 0 Å². The minimum atomic E-state index is -3.57. The van der Waals surface area contributed by atoms with Crippen LogP contribution in [0.5, 0.6) is 0 Å². The summed E-state index contributed by atoms with van der Waals surface area (Å²) in [6, 6.07) is 5.56. The molecule has 0 aliphatic heterocycles. The van der Waals surface area contributed by atoms with Crippen molar-refractivity contribution in [3.05, 3.63) is 29.8 Å². The molecule has 1 rings (SSSR count). The van der Waals surface area contributed by atoms with Crippen molar-refractivity contribution in [2.24, 2.45) is 5.73 Å². The molecule has 0 saturated carbocycles. The van der Waals surface area contributed by atoms with Crippen molar-refractivity contribution >= 4 is 15.9 Å². The second-order valence-corrected chi connectivity index (χ2v) is 6.00. The number of hydrogen-bond acceptors (Lipinski definition) is 3. The highest BCUT2D eigenvalue weighted by Crippen LogP contribution is 2.17. The summed E-state index contributed by atoms with van der Waals surface area (Å²) in [5.41, 5.74) is 5.30. The largest absolute Gasteiger partial charge is 0.366 e. The molecule has 94 valence electrons. The number of sulfonamides is 1. The van der Waals surface area contributed by atoms with Gasteiger partial charge in [0.25, 0.3) is 0 Å². The van der Waals surface area contributed by atoms with Crippen LogP contribution in [0.4, 0.5) is 0 Å². The van der Waals surface area contributed by atoms with Gasteiger partial charge in [-0.3, -0.25) is 4.79 Å². The third kappa shape index (κ3) is 2.83. The van der Waals surface area contributed by atoms with Crippen molar-refractivity contribution in [3.8, 4) is 0 Å². The van der Waals surface area contributed by atoms with Crippen LogP contribution >= 0.6 is 0 Å². The number of primary amides is 1. The zero-order valence-corrected chi connectivity index (χ0v) is 10.9. The molecular weight excluding hydrogens is 240 g/mol. The standard InChI is InChI=1S/C11H16N2O3S/c1-8(2)13(3)17(15,16)10-6-4-5-9(7-10)11(12)14/h4-8H,1-3H3,(H2,12,14). The smallest absolute Gasteiger partial charge is 0.248 e. The Kier molecular flexibility index (Phi) is 3.90. The summed E-state index contributed by atoms with van der Waals surface area (Å²) in [5.74, 6) is -0.644. The molecule has 2 N–H and O–H groups in total. The van der Waals surface area contributed by atoms with Gasteiger partial charge in [-0.1, -0.05) is 6.07 Å². The van der Waals surface area contributed by atoms with Crippen molar-refractivity contribution in [1.82, 2.24) is 4.31 Å². The average molecular weight is 256 g/mol. The van der Waals surface area contributed by atoms with Gasteiger partial charge in [0, 0.05) is 18.7 Å². The molecule has 0 spiro atoms. The predicted octanol–water partition coefficient (Wildman–Crippen LogP) is 0.814. The zero-order valence-electron chi connectivity index (χ0n) is 10.0. The SMILES string of the molecule is CC(C)N(C)S(=O)(=O)c1cccc(C(N)=O)c1. The van der Waals surface area contributed by atoms with Gasteiger partial charge in [-0.2, -0.15) is 4.31 Å². The van der Waals surface area contributed by atoms with Crippen LogP contribution < -0.4 is 5.73 Å². The third-order valence-electron chi connectivity index (χ3n) is 2.52. The summed E-state index contributed by atoms with van der Waals surface area (Å²) in [6.45, 7) is 3.55. The van der Waals surface area contributed by atoms with E-state index in [4.69, 9.17) is 5.73 Å². The van der Waals surface area contributed by atoms with Gasteiger partial charge in [-0.15, -0.1) is 0 Å². The number of amides is 1. The normalized spacial score (nSPS) is 12.1. The van der Waals surface area contributed by atoms with Gasteiger partial charge in [-0.05, 0) is 32.0 Å². The maximum absolute atomic E-state index is 12.1. The lowest BCUT2D eigenvalue weighted by Crippen LogP contribution is -2.33. The molecule has 0 atom stereocenters. The van der Waals surface area contributed by atoms with Crippen LogP contribution in [-0.2, 0) is 10.0 Å². The summed E-state index contributed by atoms with van der Waals surface area (Å²) in [7, 11) is -2.07. The van der Waals surface area contributed by atoms with Crippen LogP contribution in [-0.4, -0.2) is 31.7 Å². The number of nitrogens with two attached hydrogens (primary N) is 1.